The molecule has 0 heterocycles. The minimum Gasteiger partial charge on any atom is -0.452 e. The molecule has 0 unspecified atom stereocenters. The molecule has 0 aliphatic carbocycles. The Bertz CT molecular complexity index is 656. The number of benzene rings is 2. The van der Waals surface area contributed by atoms with Gasteiger partial charge in [-0.3, -0.25) is 4.79 Å². The Morgan fingerprint density at radius 1 is 1.09 bits per heavy atom. The predicted octanol–water partition coefficient (Wildman–Crippen LogP) is 2.90. The van der Waals surface area contributed by atoms with Gasteiger partial charge >= 0.3 is 5.97 Å². The minimum absolute atomic E-state index is 0.160. The summed E-state index contributed by atoms with van der Waals surface area (Å²) in [6, 6.07) is 14.8. The van der Waals surface area contributed by atoms with Crippen molar-refractivity contribution < 1.29 is 18.7 Å². The van der Waals surface area contributed by atoms with Crippen LogP contribution in [0.3, 0.4) is 0 Å². The molecular weight excluding hydrogens is 297 g/mol. The van der Waals surface area contributed by atoms with E-state index in [0.29, 0.717) is 6.54 Å². The topological polar surface area (TPSA) is 55.4 Å². The summed E-state index contributed by atoms with van der Waals surface area (Å²) in [5, 5.41) is 2.72. The zero-order chi connectivity index (χ0) is 16.7. The molecule has 120 valence electrons. The normalized spacial score (nSPS) is 11.6. The van der Waals surface area contributed by atoms with Gasteiger partial charge in [-0.1, -0.05) is 37.3 Å². The second kappa shape index (κ2) is 8.08. The fraction of sp³-hybridized carbons (Fsp3) is 0.222. The van der Waals surface area contributed by atoms with Crippen LogP contribution in [0, 0.1) is 5.82 Å². The molecule has 2 aromatic carbocycles. The van der Waals surface area contributed by atoms with E-state index in [2.05, 4.69) is 5.32 Å². The van der Waals surface area contributed by atoms with Gasteiger partial charge in [-0.2, -0.15) is 0 Å². The van der Waals surface area contributed by atoms with E-state index in [-0.39, 0.29) is 24.0 Å². The Balaban J connectivity index is 1.75. The number of halogens is 1. The summed E-state index contributed by atoms with van der Waals surface area (Å²) < 4.78 is 17.7. The third kappa shape index (κ3) is 5.21. The number of ether oxygens (including phenoxy) is 1. The molecule has 0 saturated heterocycles. The Labute approximate surface area is 134 Å². The average Bonchev–Trinajstić information content (AvgIpc) is 2.59. The van der Waals surface area contributed by atoms with E-state index in [0.717, 1.165) is 17.7 Å². The van der Waals surface area contributed by atoms with Gasteiger partial charge in [0, 0.05) is 6.54 Å². The zero-order valence-corrected chi connectivity index (χ0v) is 12.8. The van der Waals surface area contributed by atoms with Gasteiger partial charge < -0.3 is 10.1 Å². The molecule has 0 spiro atoms. The van der Waals surface area contributed by atoms with E-state index >= 15 is 0 Å². The SMILES string of the molecule is C[C@@H](CNC(=O)COC(=O)c1ccc(F)cc1)c1ccccc1. The number of amides is 1. The number of hydrogen-bond donors (Lipinski definition) is 1. The van der Waals surface area contributed by atoms with E-state index in [9.17, 15) is 14.0 Å². The van der Waals surface area contributed by atoms with Crippen LogP contribution < -0.4 is 5.32 Å². The first-order valence-corrected chi connectivity index (χ1v) is 7.30. The van der Waals surface area contributed by atoms with Gasteiger partial charge in [0.05, 0.1) is 5.56 Å². The fourth-order valence-corrected chi connectivity index (χ4v) is 2.02. The van der Waals surface area contributed by atoms with Gasteiger partial charge in [-0.25, -0.2) is 9.18 Å². The van der Waals surface area contributed by atoms with Crippen molar-refractivity contribution in [1.82, 2.24) is 5.32 Å². The zero-order valence-electron chi connectivity index (χ0n) is 12.8. The van der Waals surface area contributed by atoms with E-state index in [1.165, 1.54) is 12.1 Å². The van der Waals surface area contributed by atoms with Crippen LogP contribution in [0.4, 0.5) is 4.39 Å². The molecule has 0 aromatic heterocycles. The lowest BCUT2D eigenvalue weighted by atomic mass is 10.0. The van der Waals surface area contributed by atoms with Crippen LogP contribution in [0.5, 0.6) is 0 Å². The largest absolute Gasteiger partial charge is 0.452 e. The first kappa shape index (κ1) is 16.7. The summed E-state index contributed by atoms with van der Waals surface area (Å²) in [7, 11) is 0. The van der Waals surface area contributed by atoms with E-state index in [1.807, 2.05) is 37.3 Å². The quantitative estimate of drug-likeness (QED) is 0.834. The van der Waals surface area contributed by atoms with Crippen molar-refractivity contribution in [2.75, 3.05) is 13.2 Å². The number of carbonyl (C=O) groups excluding carboxylic acids is 2. The van der Waals surface area contributed by atoms with Crippen molar-refractivity contribution in [2.45, 2.75) is 12.8 Å². The van der Waals surface area contributed by atoms with Gasteiger partial charge in [0.1, 0.15) is 5.82 Å². The lowest BCUT2D eigenvalue weighted by Crippen LogP contribution is -2.31. The van der Waals surface area contributed by atoms with E-state index in [4.69, 9.17) is 4.74 Å². The third-order valence-corrected chi connectivity index (χ3v) is 3.39. The number of esters is 1. The molecule has 23 heavy (non-hydrogen) atoms. The molecule has 0 fully saturated rings. The first-order chi connectivity index (χ1) is 11.1. The second-order valence-electron chi connectivity index (χ2n) is 5.20. The van der Waals surface area contributed by atoms with Crippen LogP contribution in [-0.2, 0) is 9.53 Å². The molecule has 1 amide bonds. The summed E-state index contributed by atoms with van der Waals surface area (Å²) in [6.45, 7) is 2.09. The smallest absolute Gasteiger partial charge is 0.338 e. The Morgan fingerprint density at radius 3 is 2.39 bits per heavy atom. The van der Waals surface area contributed by atoms with Crippen molar-refractivity contribution in [3.63, 3.8) is 0 Å². The maximum absolute atomic E-state index is 12.8. The van der Waals surface area contributed by atoms with Crippen LogP contribution >= 0.6 is 0 Å². The lowest BCUT2D eigenvalue weighted by Gasteiger charge is -2.13. The van der Waals surface area contributed by atoms with Gasteiger partial charge in [0.15, 0.2) is 6.61 Å². The highest BCUT2D eigenvalue weighted by atomic mass is 19.1. The molecule has 2 rings (SSSR count). The first-order valence-electron chi connectivity index (χ1n) is 7.30. The maximum Gasteiger partial charge on any atom is 0.338 e. The Morgan fingerprint density at radius 2 is 1.74 bits per heavy atom. The van der Waals surface area contributed by atoms with Crippen molar-refractivity contribution in [2.24, 2.45) is 0 Å². The monoisotopic (exact) mass is 315 g/mol. The summed E-state index contributed by atoms with van der Waals surface area (Å²) in [5.41, 5.74) is 1.33. The molecule has 2 aromatic rings. The van der Waals surface area contributed by atoms with Crippen molar-refractivity contribution >= 4 is 11.9 Å². The van der Waals surface area contributed by atoms with Gasteiger partial charge in [0.25, 0.3) is 5.91 Å². The Kier molecular flexibility index (Phi) is 5.86. The van der Waals surface area contributed by atoms with E-state index in [1.54, 1.807) is 0 Å². The number of rotatable bonds is 6. The number of nitrogens with one attached hydrogen (secondary N) is 1. The molecule has 5 heteroatoms. The molecule has 1 atom stereocenters. The molecule has 0 aliphatic heterocycles. The highest BCUT2D eigenvalue weighted by molar-refractivity contribution is 5.91. The molecule has 0 radical (unpaired) electrons. The third-order valence-electron chi connectivity index (χ3n) is 3.39. The molecule has 0 bridgehead atoms. The van der Waals surface area contributed by atoms with Crippen LogP contribution in [0.1, 0.15) is 28.8 Å². The minimum atomic E-state index is -0.656. The summed E-state index contributed by atoms with van der Waals surface area (Å²) in [5.74, 6) is -1.30. The summed E-state index contributed by atoms with van der Waals surface area (Å²) in [6.07, 6.45) is 0. The predicted molar refractivity (Wildman–Crippen MR) is 84.5 cm³/mol. The van der Waals surface area contributed by atoms with Crippen molar-refractivity contribution in [1.29, 1.82) is 0 Å². The second-order valence-corrected chi connectivity index (χ2v) is 5.20. The van der Waals surface area contributed by atoms with Gasteiger partial charge in [-0.15, -0.1) is 0 Å². The van der Waals surface area contributed by atoms with Gasteiger partial charge in [0.2, 0.25) is 0 Å². The summed E-state index contributed by atoms with van der Waals surface area (Å²) in [4.78, 5) is 23.4. The summed E-state index contributed by atoms with van der Waals surface area (Å²) >= 11 is 0. The lowest BCUT2D eigenvalue weighted by molar-refractivity contribution is -0.124. The van der Waals surface area contributed by atoms with E-state index < -0.39 is 11.8 Å². The molecule has 0 saturated carbocycles. The Hall–Kier alpha value is -2.69. The van der Waals surface area contributed by atoms with Crippen LogP contribution in [-0.4, -0.2) is 25.0 Å². The average molecular weight is 315 g/mol. The van der Waals surface area contributed by atoms with Crippen molar-refractivity contribution in [3.8, 4) is 0 Å². The standard InChI is InChI=1S/C18H18FNO3/c1-13(14-5-3-2-4-6-14)11-20-17(21)12-23-18(22)15-7-9-16(19)10-8-15/h2-10,13H,11-12H2,1H3,(H,20,21)/t13-/m0/s1. The molecule has 1 N–H and O–H groups in total. The number of carbonyl (C=O) groups is 2. The highest BCUT2D eigenvalue weighted by Crippen LogP contribution is 2.12. The molecular formula is C18H18FNO3. The molecule has 0 aliphatic rings. The highest BCUT2D eigenvalue weighted by Gasteiger charge is 2.11. The van der Waals surface area contributed by atoms with Crippen LogP contribution in [0.15, 0.2) is 54.6 Å². The maximum atomic E-state index is 12.8. The fourth-order valence-electron chi connectivity index (χ4n) is 2.02. The van der Waals surface area contributed by atoms with Crippen molar-refractivity contribution in [3.05, 3.63) is 71.5 Å². The van der Waals surface area contributed by atoms with Gasteiger partial charge in [-0.05, 0) is 35.7 Å². The molecule has 4 nitrogen and oxygen atoms in total. The van der Waals surface area contributed by atoms with Crippen LogP contribution in [0.2, 0.25) is 0 Å². The van der Waals surface area contributed by atoms with Crippen LogP contribution in [0.25, 0.3) is 0 Å². The number of hydrogen-bond acceptors (Lipinski definition) is 3.